The van der Waals surface area contributed by atoms with Gasteiger partial charge in [0.15, 0.2) is 0 Å². The Labute approximate surface area is 166 Å². The maximum atomic E-state index is 12.9. The number of anilines is 1. The van der Waals surface area contributed by atoms with Crippen LogP contribution in [0.4, 0.5) is 5.69 Å². The second-order valence-corrected chi connectivity index (χ2v) is 9.08. The molecule has 0 bridgehead atoms. The fourth-order valence-electron chi connectivity index (χ4n) is 3.29. The van der Waals surface area contributed by atoms with Crippen molar-refractivity contribution in [2.45, 2.75) is 38.6 Å². The summed E-state index contributed by atoms with van der Waals surface area (Å²) in [6.45, 7) is 2.14. The quantitative estimate of drug-likeness (QED) is 0.740. The van der Waals surface area contributed by atoms with E-state index in [2.05, 4.69) is 5.32 Å². The molecule has 156 valence electrons. The molecule has 1 heterocycles. The van der Waals surface area contributed by atoms with Crippen molar-refractivity contribution in [2.75, 3.05) is 38.8 Å². The highest BCUT2D eigenvalue weighted by Gasteiger charge is 2.36. The van der Waals surface area contributed by atoms with E-state index in [-0.39, 0.29) is 11.7 Å². The van der Waals surface area contributed by atoms with Gasteiger partial charge in [0.1, 0.15) is 11.8 Å². The first-order chi connectivity index (χ1) is 13.2. The van der Waals surface area contributed by atoms with Gasteiger partial charge in [-0.05, 0) is 37.5 Å². The van der Waals surface area contributed by atoms with Crippen molar-refractivity contribution < 1.29 is 22.7 Å². The summed E-state index contributed by atoms with van der Waals surface area (Å²) in [6.07, 6.45) is 2.48. The Balaban J connectivity index is 2.29. The lowest BCUT2D eigenvalue weighted by molar-refractivity contribution is -0.120. The van der Waals surface area contributed by atoms with E-state index in [9.17, 15) is 18.0 Å². The summed E-state index contributed by atoms with van der Waals surface area (Å²) in [7, 11) is 1.27. The highest BCUT2D eigenvalue weighted by Crippen LogP contribution is 2.28. The number of nitrogens with zero attached hydrogens (tertiary/aromatic N) is 2. The third-order valence-corrected chi connectivity index (χ3v) is 6.76. The topological polar surface area (TPSA) is 96.0 Å². The molecule has 0 radical (unpaired) electrons. The monoisotopic (exact) mass is 411 g/mol. The minimum absolute atomic E-state index is 0.0208. The largest absolute Gasteiger partial charge is 0.495 e. The Bertz CT molecular complexity index is 823. The molecular formula is C19H29N3O5S. The van der Waals surface area contributed by atoms with Crippen LogP contribution < -0.4 is 10.1 Å². The van der Waals surface area contributed by atoms with Gasteiger partial charge in [-0.15, -0.1) is 0 Å². The molecule has 0 aromatic heterocycles. The van der Waals surface area contributed by atoms with Crippen molar-refractivity contribution in [1.82, 2.24) is 9.21 Å². The van der Waals surface area contributed by atoms with E-state index in [1.165, 1.54) is 16.3 Å². The van der Waals surface area contributed by atoms with Crippen LogP contribution in [0, 0.1) is 0 Å². The number of hydrogen-bond acceptors (Lipinski definition) is 5. The van der Waals surface area contributed by atoms with Crippen LogP contribution in [0.15, 0.2) is 18.2 Å². The Hall–Kier alpha value is -2.13. The summed E-state index contributed by atoms with van der Waals surface area (Å²) in [4.78, 5) is 26.6. The number of rotatable bonds is 7. The van der Waals surface area contributed by atoms with Crippen molar-refractivity contribution in [1.29, 1.82) is 0 Å². The summed E-state index contributed by atoms with van der Waals surface area (Å²) < 4.78 is 31.7. The Morgan fingerprint density at radius 1 is 1.29 bits per heavy atom. The third kappa shape index (κ3) is 5.02. The van der Waals surface area contributed by atoms with Gasteiger partial charge in [-0.1, -0.05) is 13.3 Å². The van der Waals surface area contributed by atoms with Gasteiger partial charge in [-0.2, -0.15) is 4.31 Å². The van der Waals surface area contributed by atoms with E-state index < -0.39 is 22.0 Å². The molecule has 28 heavy (non-hydrogen) atoms. The molecule has 9 heteroatoms. The molecule has 1 unspecified atom stereocenters. The summed E-state index contributed by atoms with van der Waals surface area (Å²) in [5.74, 6) is -0.190. The number of piperidine rings is 1. The molecule has 1 atom stereocenters. The van der Waals surface area contributed by atoms with Crippen LogP contribution in [0.25, 0.3) is 0 Å². The zero-order chi connectivity index (χ0) is 20.9. The number of carbonyl (C=O) groups excluding carboxylic acids is 2. The fourth-order valence-corrected chi connectivity index (χ4v) is 5.03. The van der Waals surface area contributed by atoms with Gasteiger partial charge in [-0.25, -0.2) is 8.42 Å². The number of hydrogen-bond donors (Lipinski definition) is 1. The van der Waals surface area contributed by atoms with E-state index in [1.807, 2.05) is 0 Å². The van der Waals surface area contributed by atoms with Crippen molar-refractivity contribution in [2.24, 2.45) is 0 Å². The van der Waals surface area contributed by atoms with Crippen molar-refractivity contribution >= 4 is 27.5 Å². The number of ether oxygens (including phenoxy) is 1. The first kappa shape index (κ1) is 22.2. The minimum atomic E-state index is -3.49. The average Bonchev–Trinajstić information content (AvgIpc) is 2.67. The molecule has 2 amide bonds. The summed E-state index contributed by atoms with van der Waals surface area (Å²) in [5.41, 5.74) is 0.749. The van der Waals surface area contributed by atoms with Gasteiger partial charge < -0.3 is 15.0 Å². The molecule has 8 nitrogen and oxygen atoms in total. The molecule has 0 spiro atoms. The van der Waals surface area contributed by atoms with Crippen LogP contribution in [-0.2, 0) is 14.8 Å². The third-order valence-electron chi connectivity index (χ3n) is 4.69. The number of nitrogens with one attached hydrogen (secondary N) is 1. The standard InChI is InChI=1S/C19H29N3O5S/c1-5-12-28(25,26)22-11-7-6-8-16(22)18(23)20-15-13-14(19(24)21(2)3)9-10-17(15)27-4/h9-10,13,16H,5-8,11-12H2,1-4H3,(H,20,23). The van der Waals surface area contributed by atoms with E-state index in [1.54, 1.807) is 39.2 Å². The van der Waals surface area contributed by atoms with E-state index in [0.29, 0.717) is 36.4 Å². The lowest BCUT2D eigenvalue weighted by Crippen LogP contribution is -2.50. The smallest absolute Gasteiger partial charge is 0.253 e. The van der Waals surface area contributed by atoms with Crippen molar-refractivity contribution in [3.05, 3.63) is 23.8 Å². The molecule has 2 rings (SSSR count). The summed E-state index contributed by atoms with van der Waals surface area (Å²) in [5, 5.41) is 2.77. The van der Waals surface area contributed by atoms with Gasteiger partial charge >= 0.3 is 0 Å². The molecule has 1 aliphatic rings. The normalized spacial score (nSPS) is 17.8. The second-order valence-electron chi connectivity index (χ2n) is 7.04. The maximum Gasteiger partial charge on any atom is 0.253 e. The second kappa shape index (κ2) is 9.38. The highest BCUT2D eigenvalue weighted by atomic mass is 32.2. The van der Waals surface area contributed by atoms with Crippen molar-refractivity contribution in [3.63, 3.8) is 0 Å². The molecule has 0 saturated carbocycles. The van der Waals surface area contributed by atoms with Crippen LogP contribution in [-0.4, -0.2) is 69.0 Å². The van der Waals surface area contributed by atoms with Gasteiger partial charge in [-0.3, -0.25) is 9.59 Å². The number of benzene rings is 1. The van der Waals surface area contributed by atoms with Gasteiger partial charge in [0.25, 0.3) is 5.91 Å². The van der Waals surface area contributed by atoms with Crippen LogP contribution in [0.1, 0.15) is 43.0 Å². The molecule has 0 aliphatic carbocycles. The van der Waals surface area contributed by atoms with E-state index in [4.69, 9.17) is 4.74 Å². The van der Waals surface area contributed by atoms with Crippen LogP contribution in [0.5, 0.6) is 5.75 Å². The lowest BCUT2D eigenvalue weighted by atomic mass is 10.0. The first-order valence-electron chi connectivity index (χ1n) is 9.41. The van der Waals surface area contributed by atoms with Gasteiger partial charge in [0.2, 0.25) is 15.9 Å². The van der Waals surface area contributed by atoms with Crippen molar-refractivity contribution in [3.8, 4) is 5.75 Å². The SMILES string of the molecule is CCCS(=O)(=O)N1CCCCC1C(=O)Nc1cc(C(=O)N(C)C)ccc1OC. The lowest BCUT2D eigenvalue weighted by Gasteiger charge is -2.33. The summed E-state index contributed by atoms with van der Waals surface area (Å²) in [6, 6.07) is 4.02. The minimum Gasteiger partial charge on any atom is -0.495 e. The number of sulfonamides is 1. The van der Waals surface area contributed by atoms with E-state index in [0.717, 1.165) is 12.8 Å². The van der Waals surface area contributed by atoms with Crippen LogP contribution in [0.2, 0.25) is 0 Å². The van der Waals surface area contributed by atoms with Gasteiger partial charge in [0.05, 0.1) is 18.6 Å². The maximum absolute atomic E-state index is 12.9. The predicted molar refractivity (Wildman–Crippen MR) is 108 cm³/mol. The summed E-state index contributed by atoms with van der Waals surface area (Å²) >= 11 is 0. The highest BCUT2D eigenvalue weighted by molar-refractivity contribution is 7.89. The molecule has 1 aliphatic heterocycles. The Morgan fingerprint density at radius 2 is 2.00 bits per heavy atom. The van der Waals surface area contributed by atoms with Crippen LogP contribution >= 0.6 is 0 Å². The molecule has 1 aromatic rings. The molecule has 1 aromatic carbocycles. The predicted octanol–water partition coefficient (Wildman–Crippen LogP) is 1.93. The first-order valence-corrected chi connectivity index (χ1v) is 11.0. The van der Waals surface area contributed by atoms with Gasteiger partial charge in [0, 0.05) is 26.2 Å². The van der Waals surface area contributed by atoms with E-state index >= 15 is 0 Å². The fraction of sp³-hybridized carbons (Fsp3) is 0.579. The Morgan fingerprint density at radius 3 is 2.61 bits per heavy atom. The molecule has 1 saturated heterocycles. The van der Waals surface area contributed by atoms with Crippen LogP contribution in [0.3, 0.4) is 0 Å². The zero-order valence-corrected chi connectivity index (χ0v) is 17.7. The number of amides is 2. The zero-order valence-electron chi connectivity index (χ0n) is 16.9. The molecular weight excluding hydrogens is 382 g/mol. The molecule has 1 fully saturated rings. The molecule has 1 N–H and O–H groups in total. The average molecular weight is 412 g/mol. The number of carbonyl (C=O) groups is 2. The Kier molecular flexibility index (Phi) is 7.42. The number of methoxy groups -OCH3 is 1.